The monoisotopic (exact) mass is 241 g/mol. The average molecular weight is 241 g/mol. The van der Waals surface area contributed by atoms with Gasteiger partial charge in [-0.25, -0.2) is 9.18 Å². The molecule has 0 heterocycles. The minimum atomic E-state index is -0.806. The van der Waals surface area contributed by atoms with Crippen LogP contribution in [0.4, 0.5) is 4.39 Å². The van der Waals surface area contributed by atoms with Crippen molar-refractivity contribution >= 4 is 5.97 Å². The summed E-state index contributed by atoms with van der Waals surface area (Å²) in [5, 5.41) is 0. The van der Waals surface area contributed by atoms with Crippen LogP contribution in [0, 0.1) is 5.82 Å². The lowest BCUT2D eigenvalue weighted by Gasteiger charge is -2.17. The zero-order valence-corrected chi connectivity index (χ0v) is 10.1. The standard InChI is InChI=1S/C12H16FNO3/c1-7(14)10-5-4-9(13)6-11(10)17-8(2)12(15)16-3/h4-8H,14H2,1-3H3. The molecule has 4 nitrogen and oxygen atoms in total. The van der Waals surface area contributed by atoms with E-state index in [1.807, 2.05) is 0 Å². The normalized spacial score (nSPS) is 13.9. The van der Waals surface area contributed by atoms with Gasteiger partial charge in [0.25, 0.3) is 0 Å². The van der Waals surface area contributed by atoms with Crippen molar-refractivity contribution < 1.29 is 18.7 Å². The average Bonchev–Trinajstić information content (AvgIpc) is 2.27. The van der Waals surface area contributed by atoms with E-state index in [4.69, 9.17) is 10.5 Å². The van der Waals surface area contributed by atoms with Crippen molar-refractivity contribution in [1.82, 2.24) is 0 Å². The number of carbonyl (C=O) groups is 1. The topological polar surface area (TPSA) is 61.5 Å². The van der Waals surface area contributed by atoms with Gasteiger partial charge in [0.05, 0.1) is 7.11 Å². The molecule has 0 amide bonds. The number of esters is 1. The van der Waals surface area contributed by atoms with E-state index in [0.717, 1.165) is 0 Å². The lowest BCUT2D eigenvalue weighted by Crippen LogP contribution is -2.25. The Bertz CT molecular complexity index is 407. The van der Waals surface area contributed by atoms with E-state index < -0.39 is 17.9 Å². The van der Waals surface area contributed by atoms with Crippen molar-refractivity contribution in [1.29, 1.82) is 0 Å². The van der Waals surface area contributed by atoms with Crippen LogP contribution in [-0.4, -0.2) is 19.2 Å². The van der Waals surface area contributed by atoms with E-state index in [1.54, 1.807) is 13.0 Å². The van der Waals surface area contributed by atoms with Gasteiger partial charge in [0, 0.05) is 17.7 Å². The highest BCUT2D eigenvalue weighted by Gasteiger charge is 2.18. The van der Waals surface area contributed by atoms with Gasteiger partial charge in [-0.3, -0.25) is 0 Å². The molecule has 0 aromatic heterocycles. The SMILES string of the molecule is COC(=O)C(C)Oc1cc(F)ccc1C(C)N. The zero-order chi connectivity index (χ0) is 13.0. The molecule has 1 aromatic rings. The largest absolute Gasteiger partial charge is 0.479 e. The third-order valence-corrected chi connectivity index (χ3v) is 2.30. The number of halogens is 1. The third kappa shape index (κ3) is 3.42. The van der Waals surface area contributed by atoms with Crippen LogP contribution in [0.1, 0.15) is 25.5 Å². The molecule has 1 aromatic carbocycles. The predicted molar refractivity (Wildman–Crippen MR) is 61.1 cm³/mol. The number of hydrogen-bond donors (Lipinski definition) is 1. The van der Waals surface area contributed by atoms with Gasteiger partial charge in [0.1, 0.15) is 11.6 Å². The lowest BCUT2D eigenvalue weighted by atomic mass is 10.1. The molecule has 2 unspecified atom stereocenters. The molecule has 0 aliphatic rings. The molecule has 0 radical (unpaired) electrons. The molecular weight excluding hydrogens is 225 g/mol. The van der Waals surface area contributed by atoms with Gasteiger partial charge in [0.2, 0.25) is 0 Å². The van der Waals surface area contributed by atoms with Crippen LogP contribution in [0.3, 0.4) is 0 Å². The predicted octanol–water partition coefficient (Wildman–Crippen LogP) is 1.79. The van der Waals surface area contributed by atoms with Gasteiger partial charge in [-0.1, -0.05) is 6.07 Å². The van der Waals surface area contributed by atoms with Crippen LogP contribution in [0.2, 0.25) is 0 Å². The molecule has 0 aliphatic heterocycles. The Morgan fingerprint density at radius 3 is 2.59 bits per heavy atom. The summed E-state index contributed by atoms with van der Waals surface area (Å²) in [6, 6.07) is 3.74. The van der Waals surface area contributed by atoms with Crippen molar-refractivity contribution in [3.63, 3.8) is 0 Å². The maximum atomic E-state index is 13.1. The molecule has 5 heteroatoms. The first-order valence-electron chi connectivity index (χ1n) is 5.25. The van der Waals surface area contributed by atoms with E-state index in [0.29, 0.717) is 5.56 Å². The number of rotatable bonds is 4. The number of nitrogens with two attached hydrogens (primary N) is 1. The molecular formula is C12H16FNO3. The van der Waals surface area contributed by atoms with Gasteiger partial charge in [0.15, 0.2) is 6.10 Å². The summed E-state index contributed by atoms with van der Waals surface area (Å²) in [5.41, 5.74) is 6.37. The molecule has 0 saturated heterocycles. The zero-order valence-electron chi connectivity index (χ0n) is 10.1. The Kier molecular flexibility index (Phi) is 4.45. The van der Waals surface area contributed by atoms with E-state index in [2.05, 4.69) is 4.74 Å². The summed E-state index contributed by atoms with van der Waals surface area (Å²) in [6.45, 7) is 3.28. The molecule has 94 valence electrons. The smallest absolute Gasteiger partial charge is 0.346 e. The van der Waals surface area contributed by atoms with Crippen molar-refractivity contribution in [3.05, 3.63) is 29.6 Å². The molecule has 0 aliphatic carbocycles. The fraction of sp³-hybridized carbons (Fsp3) is 0.417. The van der Waals surface area contributed by atoms with Crippen LogP contribution in [0.5, 0.6) is 5.75 Å². The summed E-state index contributed by atoms with van der Waals surface area (Å²) in [4.78, 5) is 11.2. The second-order valence-corrected chi connectivity index (χ2v) is 3.75. The van der Waals surface area contributed by atoms with Crippen molar-refractivity contribution in [2.45, 2.75) is 26.0 Å². The Morgan fingerprint density at radius 1 is 1.41 bits per heavy atom. The summed E-state index contributed by atoms with van der Waals surface area (Å²) >= 11 is 0. The maximum absolute atomic E-state index is 13.1. The first-order chi connectivity index (χ1) is 7.95. The first-order valence-corrected chi connectivity index (χ1v) is 5.25. The Balaban J connectivity index is 2.96. The molecule has 2 atom stereocenters. The molecule has 17 heavy (non-hydrogen) atoms. The Labute approximate surface area is 99.5 Å². The minimum Gasteiger partial charge on any atom is -0.479 e. The fourth-order valence-electron chi connectivity index (χ4n) is 1.39. The van der Waals surface area contributed by atoms with Crippen LogP contribution >= 0.6 is 0 Å². The quantitative estimate of drug-likeness (QED) is 0.816. The molecule has 0 fully saturated rings. The number of methoxy groups -OCH3 is 1. The number of benzene rings is 1. The van der Waals surface area contributed by atoms with Gasteiger partial charge < -0.3 is 15.2 Å². The Hall–Kier alpha value is -1.62. The van der Waals surface area contributed by atoms with E-state index in [1.165, 1.54) is 26.2 Å². The lowest BCUT2D eigenvalue weighted by molar-refractivity contribution is -0.147. The summed E-state index contributed by atoms with van der Waals surface area (Å²) in [5.74, 6) is -0.704. The van der Waals surface area contributed by atoms with Crippen LogP contribution in [0.15, 0.2) is 18.2 Å². The van der Waals surface area contributed by atoms with Crippen LogP contribution in [0.25, 0.3) is 0 Å². The number of hydrogen-bond acceptors (Lipinski definition) is 4. The van der Waals surface area contributed by atoms with E-state index in [-0.39, 0.29) is 11.8 Å². The second kappa shape index (κ2) is 5.63. The van der Waals surface area contributed by atoms with Crippen molar-refractivity contribution in [3.8, 4) is 5.75 Å². The van der Waals surface area contributed by atoms with Crippen LogP contribution < -0.4 is 10.5 Å². The van der Waals surface area contributed by atoms with Crippen molar-refractivity contribution in [2.24, 2.45) is 5.73 Å². The molecule has 0 spiro atoms. The van der Waals surface area contributed by atoms with Crippen LogP contribution in [-0.2, 0) is 9.53 Å². The minimum absolute atomic E-state index is 0.262. The summed E-state index contributed by atoms with van der Waals surface area (Å²) in [7, 11) is 1.26. The molecule has 1 rings (SSSR count). The third-order valence-electron chi connectivity index (χ3n) is 2.30. The van der Waals surface area contributed by atoms with Gasteiger partial charge in [-0.15, -0.1) is 0 Å². The highest BCUT2D eigenvalue weighted by atomic mass is 19.1. The molecule has 2 N–H and O–H groups in total. The summed E-state index contributed by atoms with van der Waals surface area (Å²) < 4.78 is 23.0. The summed E-state index contributed by atoms with van der Waals surface area (Å²) in [6.07, 6.45) is -0.806. The van der Waals surface area contributed by atoms with E-state index in [9.17, 15) is 9.18 Å². The highest BCUT2D eigenvalue weighted by molar-refractivity contribution is 5.74. The van der Waals surface area contributed by atoms with Gasteiger partial charge in [-0.2, -0.15) is 0 Å². The maximum Gasteiger partial charge on any atom is 0.346 e. The molecule has 0 saturated carbocycles. The van der Waals surface area contributed by atoms with Gasteiger partial charge in [-0.05, 0) is 19.9 Å². The highest BCUT2D eigenvalue weighted by Crippen LogP contribution is 2.25. The van der Waals surface area contributed by atoms with E-state index >= 15 is 0 Å². The van der Waals surface area contributed by atoms with Gasteiger partial charge >= 0.3 is 5.97 Å². The number of carbonyl (C=O) groups excluding carboxylic acids is 1. The van der Waals surface area contributed by atoms with Crippen molar-refractivity contribution in [2.75, 3.05) is 7.11 Å². The first kappa shape index (κ1) is 13.4. The fourth-order valence-corrected chi connectivity index (χ4v) is 1.39. The number of ether oxygens (including phenoxy) is 2. The second-order valence-electron chi connectivity index (χ2n) is 3.75. The Morgan fingerprint density at radius 2 is 2.06 bits per heavy atom. The molecule has 0 bridgehead atoms.